The first kappa shape index (κ1) is 21.9. The molecule has 2 rings (SSSR count). The summed E-state index contributed by atoms with van der Waals surface area (Å²) in [6, 6.07) is 5.48. The van der Waals surface area contributed by atoms with Crippen LogP contribution in [0.3, 0.4) is 0 Å². The van der Waals surface area contributed by atoms with Crippen molar-refractivity contribution in [1.82, 2.24) is 20.6 Å². The minimum atomic E-state index is -4.49. The number of pyridine rings is 2. The van der Waals surface area contributed by atoms with E-state index in [2.05, 4.69) is 25.3 Å². The molecule has 29 heavy (non-hydrogen) atoms. The van der Waals surface area contributed by atoms with Gasteiger partial charge in [0.2, 0.25) is 11.8 Å². The third-order valence-corrected chi connectivity index (χ3v) is 3.52. The third kappa shape index (κ3) is 6.63. The molecule has 0 bridgehead atoms. The molecule has 11 heteroatoms. The minimum Gasteiger partial charge on any atom is -0.481 e. The van der Waals surface area contributed by atoms with E-state index >= 15 is 0 Å². The summed E-state index contributed by atoms with van der Waals surface area (Å²) < 4.78 is 46.3. The predicted molar refractivity (Wildman–Crippen MR) is 95.8 cm³/mol. The Morgan fingerprint density at radius 1 is 1.14 bits per heavy atom. The van der Waals surface area contributed by atoms with Gasteiger partial charge in [0.1, 0.15) is 5.69 Å². The Balaban J connectivity index is 2.04. The first-order valence-electron chi connectivity index (χ1n) is 8.49. The maximum atomic E-state index is 12.3. The molecule has 0 saturated heterocycles. The van der Waals surface area contributed by atoms with Gasteiger partial charge in [-0.2, -0.15) is 18.2 Å². The molecular weight excluding hydrogens is 393 g/mol. The van der Waals surface area contributed by atoms with Gasteiger partial charge in [-0.05, 0) is 25.1 Å². The molecule has 156 valence electrons. The maximum absolute atomic E-state index is 12.3. The molecule has 2 aromatic rings. The lowest BCUT2D eigenvalue weighted by molar-refractivity contribution is -0.154. The summed E-state index contributed by atoms with van der Waals surface area (Å²) >= 11 is 0. The van der Waals surface area contributed by atoms with Crippen molar-refractivity contribution in [3.05, 3.63) is 47.3 Å². The molecule has 2 amide bonds. The number of carbonyl (C=O) groups is 2. The van der Waals surface area contributed by atoms with Crippen LogP contribution >= 0.6 is 0 Å². The fourth-order valence-corrected chi connectivity index (χ4v) is 2.22. The Labute approximate surface area is 164 Å². The number of aromatic nitrogens is 2. The number of alkyl halides is 3. The van der Waals surface area contributed by atoms with Gasteiger partial charge in [0.05, 0.1) is 7.11 Å². The van der Waals surface area contributed by atoms with Crippen LogP contribution in [0.25, 0.3) is 0 Å². The molecule has 0 fully saturated rings. The van der Waals surface area contributed by atoms with Crippen molar-refractivity contribution in [3.63, 3.8) is 0 Å². The smallest absolute Gasteiger partial charge is 0.422 e. The second-order valence-corrected chi connectivity index (χ2v) is 5.69. The van der Waals surface area contributed by atoms with Crippen molar-refractivity contribution in [1.29, 1.82) is 0 Å². The van der Waals surface area contributed by atoms with Crippen molar-refractivity contribution < 1.29 is 32.2 Å². The summed E-state index contributed by atoms with van der Waals surface area (Å²) in [6.07, 6.45) is -3.15. The van der Waals surface area contributed by atoms with Crippen molar-refractivity contribution in [2.75, 3.05) is 20.3 Å². The summed E-state index contributed by atoms with van der Waals surface area (Å²) in [5.74, 6) is -1.11. The number of halogens is 3. The zero-order chi connectivity index (χ0) is 21.4. The minimum absolute atomic E-state index is 0.00658. The molecule has 0 atom stereocenters. The number of hydrogen-bond acceptors (Lipinski definition) is 6. The van der Waals surface area contributed by atoms with E-state index in [0.29, 0.717) is 12.1 Å². The third-order valence-electron chi connectivity index (χ3n) is 3.52. The topological polar surface area (TPSA) is 102 Å². The second kappa shape index (κ2) is 9.71. The lowest BCUT2D eigenvalue weighted by Gasteiger charge is -2.12. The molecule has 0 saturated carbocycles. The number of rotatable bonds is 8. The summed E-state index contributed by atoms with van der Waals surface area (Å²) in [5.41, 5.74) is 0.751. The van der Waals surface area contributed by atoms with Gasteiger partial charge in [0.25, 0.3) is 11.8 Å². The second-order valence-electron chi connectivity index (χ2n) is 5.69. The lowest BCUT2D eigenvalue weighted by Crippen LogP contribution is -2.26. The molecule has 0 radical (unpaired) electrons. The van der Waals surface area contributed by atoms with E-state index in [1.807, 2.05) is 0 Å². The first-order chi connectivity index (χ1) is 13.7. The Hall–Kier alpha value is -3.37. The van der Waals surface area contributed by atoms with Crippen molar-refractivity contribution in [2.24, 2.45) is 0 Å². The maximum Gasteiger partial charge on any atom is 0.422 e. The number of nitrogens with one attached hydrogen (secondary N) is 2. The lowest BCUT2D eigenvalue weighted by atomic mass is 10.2. The van der Waals surface area contributed by atoms with Gasteiger partial charge in [-0.3, -0.25) is 14.6 Å². The van der Waals surface area contributed by atoms with Gasteiger partial charge in [0, 0.05) is 36.5 Å². The highest BCUT2D eigenvalue weighted by molar-refractivity contribution is 5.98. The number of nitrogens with zero attached hydrogens (tertiary/aromatic N) is 2. The van der Waals surface area contributed by atoms with E-state index in [1.165, 1.54) is 37.6 Å². The van der Waals surface area contributed by atoms with Crippen LogP contribution in [0.5, 0.6) is 11.8 Å². The number of carbonyl (C=O) groups excluding carboxylic acids is 2. The Morgan fingerprint density at radius 3 is 2.55 bits per heavy atom. The van der Waals surface area contributed by atoms with E-state index in [9.17, 15) is 22.8 Å². The molecule has 0 aliphatic carbocycles. The SMILES string of the molecule is CCNC(=O)c1cc(C(=O)NCc2ccc(OCC(F)(F)F)nc2OC)ccn1. The highest BCUT2D eigenvalue weighted by atomic mass is 19.4. The number of amides is 2. The normalized spacial score (nSPS) is 10.9. The van der Waals surface area contributed by atoms with Crippen LogP contribution in [0.4, 0.5) is 13.2 Å². The Morgan fingerprint density at radius 2 is 1.90 bits per heavy atom. The van der Waals surface area contributed by atoms with Gasteiger partial charge in [0.15, 0.2) is 6.61 Å². The van der Waals surface area contributed by atoms with Gasteiger partial charge in [-0.15, -0.1) is 0 Å². The largest absolute Gasteiger partial charge is 0.481 e. The molecule has 0 unspecified atom stereocenters. The Bertz CT molecular complexity index is 874. The summed E-state index contributed by atoms with van der Waals surface area (Å²) in [7, 11) is 1.29. The zero-order valence-electron chi connectivity index (χ0n) is 15.7. The van der Waals surface area contributed by atoms with Crippen molar-refractivity contribution in [2.45, 2.75) is 19.6 Å². The van der Waals surface area contributed by atoms with E-state index in [0.717, 1.165) is 0 Å². The highest BCUT2D eigenvalue weighted by Crippen LogP contribution is 2.22. The van der Waals surface area contributed by atoms with Crippen LogP contribution in [0.15, 0.2) is 30.5 Å². The average molecular weight is 412 g/mol. The van der Waals surface area contributed by atoms with Crippen LogP contribution < -0.4 is 20.1 Å². The van der Waals surface area contributed by atoms with E-state index < -0.39 is 24.6 Å². The number of ether oxygens (including phenoxy) is 2. The predicted octanol–water partition coefficient (Wildman–Crippen LogP) is 2.11. The fraction of sp³-hybridized carbons (Fsp3) is 0.333. The van der Waals surface area contributed by atoms with E-state index in [4.69, 9.17) is 4.74 Å². The molecule has 0 aliphatic heterocycles. The molecule has 8 nitrogen and oxygen atoms in total. The fourth-order valence-electron chi connectivity index (χ4n) is 2.22. The average Bonchev–Trinajstić information content (AvgIpc) is 2.70. The van der Waals surface area contributed by atoms with Crippen LogP contribution in [0, 0.1) is 0 Å². The molecule has 0 aliphatic rings. The standard InChI is InChI=1S/C18H19F3N4O4/c1-3-22-16(27)13-8-11(6-7-23-13)15(26)24-9-12-4-5-14(25-17(12)28-2)29-10-18(19,20)21/h4-8H,3,9-10H2,1-2H3,(H,22,27)(H,24,26). The highest BCUT2D eigenvalue weighted by Gasteiger charge is 2.28. The van der Waals surface area contributed by atoms with E-state index in [-0.39, 0.29) is 29.6 Å². The molecule has 2 aromatic heterocycles. The van der Waals surface area contributed by atoms with Gasteiger partial charge in [-0.25, -0.2) is 0 Å². The number of hydrogen-bond donors (Lipinski definition) is 2. The molecule has 2 N–H and O–H groups in total. The van der Waals surface area contributed by atoms with Crippen molar-refractivity contribution >= 4 is 11.8 Å². The van der Waals surface area contributed by atoms with E-state index in [1.54, 1.807) is 6.92 Å². The molecule has 2 heterocycles. The monoisotopic (exact) mass is 412 g/mol. The summed E-state index contributed by atoms with van der Waals surface area (Å²) in [4.78, 5) is 31.9. The van der Waals surface area contributed by atoms with Crippen molar-refractivity contribution in [3.8, 4) is 11.8 Å². The van der Waals surface area contributed by atoms with Crippen LogP contribution in [0.1, 0.15) is 33.3 Å². The van der Waals surface area contributed by atoms with Crippen LogP contribution in [-0.2, 0) is 6.54 Å². The van der Waals surface area contributed by atoms with Crippen LogP contribution in [-0.4, -0.2) is 48.2 Å². The van der Waals surface area contributed by atoms with Crippen LogP contribution in [0.2, 0.25) is 0 Å². The number of methoxy groups -OCH3 is 1. The molecule has 0 spiro atoms. The van der Waals surface area contributed by atoms with Gasteiger partial charge in [-0.1, -0.05) is 0 Å². The Kier molecular flexibility index (Phi) is 7.34. The molecule has 0 aromatic carbocycles. The zero-order valence-corrected chi connectivity index (χ0v) is 15.7. The first-order valence-corrected chi connectivity index (χ1v) is 8.49. The van der Waals surface area contributed by atoms with Gasteiger partial charge < -0.3 is 20.1 Å². The summed E-state index contributed by atoms with van der Waals surface area (Å²) in [6.45, 7) is 0.699. The summed E-state index contributed by atoms with van der Waals surface area (Å²) in [5, 5.41) is 5.21. The van der Waals surface area contributed by atoms with Gasteiger partial charge >= 0.3 is 6.18 Å². The quantitative estimate of drug-likeness (QED) is 0.689. The molecular formula is C18H19F3N4O4.